The maximum absolute atomic E-state index is 11.4. The summed E-state index contributed by atoms with van der Waals surface area (Å²) in [5.41, 5.74) is 6.40. The standard InChI is InChI=1S/C14H23N3O4/c1-14(2,3)12-11(16(6-8-18)7-9-19)5-4-10(15)13(12)17(20)21/h4-5,18-19H,6-9,15H2,1-3H3. The van der Waals surface area contributed by atoms with Crippen molar-refractivity contribution in [1.29, 1.82) is 0 Å². The zero-order valence-electron chi connectivity index (χ0n) is 12.7. The second-order valence-corrected chi connectivity index (χ2v) is 5.84. The summed E-state index contributed by atoms with van der Waals surface area (Å²) in [6.45, 7) is 5.95. The van der Waals surface area contributed by atoms with Crippen LogP contribution in [0.2, 0.25) is 0 Å². The summed E-state index contributed by atoms with van der Waals surface area (Å²) in [4.78, 5) is 12.6. The maximum atomic E-state index is 11.4. The van der Waals surface area contributed by atoms with Crippen LogP contribution in [-0.4, -0.2) is 41.4 Å². The zero-order chi connectivity index (χ0) is 16.2. The van der Waals surface area contributed by atoms with Crippen molar-refractivity contribution in [2.45, 2.75) is 26.2 Å². The van der Waals surface area contributed by atoms with Crippen LogP contribution >= 0.6 is 0 Å². The lowest BCUT2D eigenvalue weighted by atomic mass is 9.83. The molecule has 0 unspecified atom stereocenters. The summed E-state index contributed by atoms with van der Waals surface area (Å²) in [6.07, 6.45) is 0. The predicted molar refractivity (Wildman–Crippen MR) is 82.6 cm³/mol. The number of nitro groups is 1. The first-order valence-electron chi connectivity index (χ1n) is 6.78. The molecule has 0 aliphatic carbocycles. The largest absolute Gasteiger partial charge is 0.395 e. The molecule has 1 rings (SSSR count). The van der Waals surface area contributed by atoms with Crippen molar-refractivity contribution in [3.05, 3.63) is 27.8 Å². The van der Waals surface area contributed by atoms with Crippen LogP contribution in [0.1, 0.15) is 26.3 Å². The molecule has 0 bridgehead atoms. The van der Waals surface area contributed by atoms with Gasteiger partial charge in [-0.15, -0.1) is 0 Å². The number of nitrogen functional groups attached to an aromatic ring is 1. The molecule has 0 atom stereocenters. The average molecular weight is 297 g/mol. The number of hydrogen-bond acceptors (Lipinski definition) is 6. The molecule has 1 aromatic carbocycles. The van der Waals surface area contributed by atoms with E-state index in [-0.39, 0.29) is 37.7 Å². The van der Waals surface area contributed by atoms with Crippen LogP contribution in [-0.2, 0) is 5.41 Å². The van der Waals surface area contributed by atoms with E-state index in [9.17, 15) is 10.1 Å². The summed E-state index contributed by atoms with van der Waals surface area (Å²) in [5.74, 6) is 0. The molecular formula is C14H23N3O4. The lowest BCUT2D eigenvalue weighted by molar-refractivity contribution is -0.384. The Morgan fingerprint density at radius 1 is 1.24 bits per heavy atom. The van der Waals surface area contributed by atoms with Gasteiger partial charge in [0.05, 0.1) is 23.7 Å². The Hall–Kier alpha value is -1.86. The molecule has 0 radical (unpaired) electrons. The number of nitrogens with two attached hydrogens (primary N) is 1. The highest BCUT2D eigenvalue weighted by Crippen LogP contribution is 2.42. The molecule has 0 saturated heterocycles. The molecule has 7 heteroatoms. The van der Waals surface area contributed by atoms with Gasteiger partial charge in [-0.1, -0.05) is 20.8 Å². The fourth-order valence-corrected chi connectivity index (χ4v) is 2.39. The van der Waals surface area contributed by atoms with Crippen LogP contribution in [0, 0.1) is 10.1 Å². The van der Waals surface area contributed by atoms with E-state index in [2.05, 4.69) is 0 Å². The second-order valence-electron chi connectivity index (χ2n) is 5.84. The van der Waals surface area contributed by atoms with E-state index in [0.29, 0.717) is 11.3 Å². The third kappa shape index (κ3) is 3.83. The smallest absolute Gasteiger partial charge is 0.297 e. The first kappa shape index (κ1) is 17.2. The minimum Gasteiger partial charge on any atom is -0.395 e. The summed E-state index contributed by atoms with van der Waals surface area (Å²) in [5, 5.41) is 29.7. The van der Waals surface area contributed by atoms with Crippen LogP contribution in [0.5, 0.6) is 0 Å². The summed E-state index contributed by atoms with van der Waals surface area (Å²) >= 11 is 0. The van der Waals surface area contributed by atoms with E-state index in [1.807, 2.05) is 20.8 Å². The van der Waals surface area contributed by atoms with Crippen molar-refractivity contribution < 1.29 is 15.1 Å². The quantitative estimate of drug-likeness (QED) is 0.414. The summed E-state index contributed by atoms with van der Waals surface area (Å²) in [6, 6.07) is 3.19. The topological polar surface area (TPSA) is 113 Å². The van der Waals surface area contributed by atoms with Crippen molar-refractivity contribution in [3.8, 4) is 0 Å². The van der Waals surface area contributed by atoms with Gasteiger partial charge in [0, 0.05) is 18.8 Å². The first-order valence-corrected chi connectivity index (χ1v) is 6.78. The Morgan fingerprint density at radius 2 is 1.76 bits per heavy atom. The van der Waals surface area contributed by atoms with E-state index >= 15 is 0 Å². The van der Waals surface area contributed by atoms with Crippen LogP contribution in [0.3, 0.4) is 0 Å². The second kappa shape index (κ2) is 6.73. The van der Waals surface area contributed by atoms with Gasteiger partial charge < -0.3 is 20.8 Å². The van der Waals surface area contributed by atoms with Crippen LogP contribution in [0.4, 0.5) is 17.1 Å². The molecule has 1 aromatic rings. The molecule has 0 heterocycles. The fraction of sp³-hybridized carbons (Fsp3) is 0.571. The van der Waals surface area contributed by atoms with Crippen molar-refractivity contribution in [2.75, 3.05) is 36.9 Å². The molecule has 118 valence electrons. The minimum atomic E-state index is -0.504. The van der Waals surface area contributed by atoms with Crippen LogP contribution in [0.15, 0.2) is 12.1 Å². The lowest BCUT2D eigenvalue weighted by Crippen LogP contribution is -2.32. The molecule has 0 aliphatic rings. The minimum absolute atomic E-state index is 0.109. The highest BCUT2D eigenvalue weighted by molar-refractivity contribution is 5.74. The number of hydrogen-bond donors (Lipinski definition) is 3. The molecule has 21 heavy (non-hydrogen) atoms. The SMILES string of the molecule is CC(C)(C)c1c(N(CCO)CCO)ccc(N)c1[N+](=O)[O-]. The molecular weight excluding hydrogens is 274 g/mol. The molecule has 0 saturated carbocycles. The van der Waals surface area contributed by atoms with Crippen LogP contribution < -0.4 is 10.6 Å². The van der Waals surface area contributed by atoms with E-state index in [0.717, 1.165) is 0 Å². The number of benzene rings is 1. The van der Waals surface area contributed by atoms with Crippen LogP contribution in [0.25, 0.3) is 0 Å². The molecule has 0 aromatic heterocycles. The number of aliphatic hydroxyl groups excluding tert-OH is 2. The predicted octanol–water partition coefficient (Wildman–Crippen LogP) is 1.27. The van der Waals surface area contributed by atoms with E-state index in [1.165, 1.54) is 6.07 Å². The lowest BCUT2D eigenvalue weighted by Gasteiger charge is -2.30. The highest BCUT2D eigenvalue weighted by atomic mass is 16.6. The van der Waals surface area contributed by atoms with Gasteiger partial charge in [0.15, 0.2) is 0 Å². The molecule has 0 spiro atoms. The van der Waals surface area contributed by atoms with Gasteiger partial charge in [0.2, 0.25) is 0 Å². The highest BCUT2D eigenvalue weighted by Gasteiger charge is 2.32. The fourth-order valence-electron chi connectivity index (χ4n) is 2.39. The van der Waals surface area contributed by atoms with E-state index in [4.69, 9.17) is 15.9 Å². The third-order valence-electron chi connectivity index (χ3n) is 3.20. The van der Waals surface area contributed by atoms with Gasteiger partial charge in [-0.05, 0) is 17.5 Å². The molecule has 7 nitrogen and oxygen atoms in total. The Balaban J connectivity index is 3.57. The van der Waals surface area contributed by atoms with Gasteiger partial charge in [-0.25, -0.2) is 0 Å². The Morgan fingerprint density at radius 3 is 2.14 bits per heavy atom. The Bertz CT molecular complexity index is 506. The monoisotopic (exact) mass is 297 g/mol. The molecule has 4 N–H and O–H groups in total. The number of anilines is 2. The normalized spacial score (nSPS) is 11.5. The molecule has 0 aliphatic heterocycles. The number of rotatable bonds is 6. The number of aliphatic hydroxyl groups is 2. The first-order chi connectivity index (χ1) is 9.73. The zero-order valence-corrected chi connectivity index (χ0v) is 12.7. The number of nitrogens with zero attached hydrogens (tertiary/aromatic N) is 2. The maximum Gasteiger partial charge on any atom is 0.297 e. The Kier molecular flexibility index (Phi) is 5.51. The Labute approximate surface area is 124 Å². The van der Waals surface area contributed by atoms with Gasteiger partial charge in [0.25, 0.3) is 5.69 Å². The van der Waals surface area contributed by atoms with E-state index < -0.39 is 10.3 Å². The van der Waals surface area contributed by atoms with Crippen molar-refractivity contribution in [2.24, 2.45) is 0 Å². The van der Waals surface area contributed by atoms with Gasteiger partial charge >= 0.3 is 0 Å². The van der Waals surface area contributed by atoms with Crippen molar-refractivity contribution >= 4 is 17.1 Å². The third-order valence-corrected chi connectivity index (χ3v) is 3.20. The average Bonchev–Trinajstić information content (AvgIpc) is 2.36. The summed E-state index contributed by atoms with van der Waals surface area (Å²) < 4.78 is 0. The van der Waals surface area contributed by atoms with E-state index in [1.54, 1.807) is 11.0 Å². The van der Waals surface area contributed by atoms with Crippen molar-refractivity contribution in [3.63, 3.8) is 0 Å². The molecule has 0 amide bonds. The van der Waals surface area contributed by atoms with Gasteiger partial charge in [-0.3, -0.25) is 10.1 Å². The van der Waals surface area contributed by atoms with Gasteiger partial charge in [0.1, 0.15) is 5.69 Å². The molecule has 0 fully saturated rings. The number of nitro benzene ring substituents is 1. The van der Waals surface area contributed by atoms with Crippen molar-refractivity contribution in [1.82, 2.24) is 0 Å². The summed E-state index contributed by atoms with van der Waals surface area (Å²) in [7, 11) is 0. The van der Waals surface area contributed by atoms with Gasteiger partial charge in [-0.2, -0.15) is 0 Å².